The van der Waals surface area contributed by atoms with Crippen molar-refractivity contribution in [3.05, 3.63) is 0 Å². The first-order valence-corrected chi connectivity index (χ1v) is 7.30. The fourth-order valence-corrected chi connectivity index (χ4v) is 2.93. The van der Waals surface area contributed by atoms with E-state index in [1.807, 2.05) is 27.7 Å². The van der Waals surface area contributed by atoms with Gasteiger partial charge in [0, 0.05) is 11.4 Å². The van der Waals surface area contributed by atoms with Gasteiger partial charge in [-0.05, 0) is 11.8 Å². The van der Waals surface area contributed by atoms with Gasteiger partial charge in [-0.2, -0.15) is 0 Å². The van der Waals surface area contributed by atoms with E-state index in [2.05, 4.69) is 20.7 Å². The van der Waals surface area contributed by atoms with Gasteiger partial charge < -0.3 is 0 Å². The molecule has 0 aromatic heterocycles. The predicted octanol–water partition coefficient (Wildman–Crippen LogP) is 2.13. The molecule has 0 aromatic rings. The van der Waals surface area contributed by atoms with Gasteiger partial charge in [0.15, 0.2) is 0 Å². The maximum atomic E-state index is 11.5. The summed E-state index contributed by atoms with van der Waals surface area (Å²) in [5.74, 6) is 0.177. The second-order valence-corrected chi connectivity index (χ2v) is 8.15. The van der Waals surface area contributed by atoms with Crippen LogP contribution in [-0.2, 0) is 10.0 Å². The van der Waals surface area contributed by atoms with E-state index in [4.69, 9.17) is 0 Å². The molecule has 1 unspecified atom stereocenters. The molecule has 86 valence electrons. The van der Waals surface area contributed by atoms with Crippen LogP contribution in [0.5, 0.6) is 0 Å². The minimum absolute atomic E-state index is 0.177. The lowest BCUT2D eigenvalue weighted by atomic mass is 10.0. The van der Waals surface area contributed by atoms with Crippen molar-refractivity contribution in [2.75, 3.05) is 12.3 Å². The Morgan fingerprint density at radius 3 is 2.21 bits per heavy atom. The molecule has 0 rings (SSSR count). The molecule has 0 fully saturated rings. The number of nitrogens with one attached hydrogen (secondary N) is 1. The molecule has 0 bridgehead atoms. The fourth-order valence-electron chi connectivity index (χ4n) is 1.03. The van der Waals surface area contributed by atoms with Gasteiger partial charge in [-0.3, -0.25) is 0 Å². The van der Waals surface area contributed by atoms with Crippen molar-refractivity contribution in [2.24, 2.45) is 5.41 Å². The summed E-state index contributed by atoms with van der Waals surface area (Å²) in [5.41, 5.74) is -0.189. The molecule has 1 N–H and O–H groups in total. The Kier molecular flexibility index (Phi) is 5.62. The topological polar surface area (TPSA) is 46.2 Å². The van der Waals surface area contributed by atoms with Crippen LogP contribution in [0.25, 0.3) is 0 Å². The quantitative estimate of drug-likeness (QED) is 0.787. The SMILES string of the molecule is CC(Br)CCNS(=O)(=O)CC(C)(C)C. The Morgan fingerprint density at radius 2 is 1.86 bits per heavy atom. The predicted molar refractivity (Wildman–Crippen MR) is 64.3 cm³/mol. The van der Waals surface area contributed by atoms with E-state index in [9.17, 15) is 8.42 Å². The minimum Gasteiger partial charge on any atom is -0.215 e. The molecule has 14 heavy (non-hydrogen) atoms. The normalized spacial score (nSPS) is 15.5. The molecule has 5 heteroatoms. The zero-order chi connectivity index (χ0) is 11.4. The third-order valence-corrected chi connectivity index (χ3v) is 3.83. The van der Waals surface area contributed by atoms with Crippen molar-refractivity contribution in [2.45, 2.75) is 38.9 Å². The lowest BCUT2D eigenvalue weighted by Crippen LogP contribution is -2.33. The molecule has 0 heterocycles. The molecule has 1 atom stereocenters. The van der Waals surface area contributed by atoms with Crippen LogP contribution in [0, 0.1) is 5.41 Å². The Hall–Kier alpha value is 0.390. The highest BCUT2D eigenvalue weighted by Crippen LogP contribution is 2.15. The van der Waals surface area contributed by atoms with E-state index in [1.54, 1.807) is 0 Å². The summed E-state index contributed by atoms with van der Waals surface area (Å²) in [6, 6.07) is 0. The van der Waals surface area contributed by atoms with E-state index >= 15 is 0 Å². The van der Waals surface area contributed by atoms with Gasteiger partial charge >= 0.3 is 0 Å². The Bertz CT molecular complexity index is 254. The van der Waals surface area contributed by atoms with E-state index in [0.717, 1.165) is 6.42 Å². The standard InChI is InChI=1S/C9H20BrNO2S/c1-8(10)5-6-11-14(12,13)7-9(2,3)4/h8,11H,5-7H2,1-4H3. The van der Waals surface area contributed by atoms with Gasteiger partial charge in [-0.1, -0.05) is 43.6 Å². The lowest BCUT2D eigenvalue weighted by molar-refractivity contribution is 0.458. The fraction of sp³-hybridized carbons (Fsp3) is 1.00. The van der Waals surface area contributed by atoms with E-state index < -0.39 is 10.0 Å². The van der Waals surface area contributed by atoms with Gasteiger partial charge in [0.2, 0.25) is 10.0 Å². The van der Waals surface area contributed by atoms with Crippen LogP contribution >= 0.6 is 15.9 Å². The van der Waals surface area contributed by atoms with Crippen molar-refractivity contribution in [3.8, 4) is 0 Å². The minimum atomic E-state index is -3.11. The highest BCUT2D eigenvalue weighted by Gasteiger charge is 2.20. The molecule has 0 aliphatic heterocycles. The van der Waals surface area contributed by atoms with Crippen LogP contribution in [0.2, 0.25) is 0 Å². The summed E-state index contributed by atoms with van der Waals surface area (Å²) in [7, 11) is -3.11. The molecule has 0 saturated carbocycles. The Balaban J connectivity index is 3.98. The van der Waals surface area contributed by atoms with Gasteiger partial charge in [-0.15, -0.1) is 0 Å². The van der Waals surface area contributed by atoms with Gasteiger partial charge in [0.1, 0.15) is 0 Å². The molecule has 0 amide bonds. The second-order valence-electron chi connectivity index (χ2n) is 4.78. The number of hydrogen-bond donors (Lipinski definition) is 1. The number of hydrogen-bond acceptors (Lipinski definition) is 2. The van der Waals surface area contributed by atoms with Gasteiger partial charge in [0.25, 0.3) is 0 Å². The molecule has 0 spiro atoms. The summed E-state index contributed by atoms with van der Waals surface area (Å²) in [6.45, 7) is 8.25. The molecule has 3 nitrogen and oxygen atoms in total. The van der Waals surface area contributed by atoms with Crippen molar-refractivity contribution in [1.29, 1.82) is 0 Å². The summed E-state index contributed by atoms with van der Waals surface area (Å²) in [5, 5.41) is 0. The Morgan fingerprint density at radius 1 is 1.36 bits per heavy atom. The average Bonchev–Trinajstić information content (AvgIpc) is 1.78. The molecule has 0 radical (unpaired) electrons. The van der Waals surface area contributed by atoms with Gasteiger partial charge in [0.05, 0.1) is 5.75 Å². The summed E-state index contributed by atoms with van der Waals surface area (Å²) < 4.78 is 25.6. The molecule has 0 saturated heterocycles. The number of sulfonamides is 1. The number of halogens is 1. The monoisotopic (exact) mass is 285 g/mol. The smallest absolute Gasteiger partial charge is 0.212 e. The lowest BCUT2D eigenvalue weighted by Gasteiger charge is -2.18. The largest absolute Gasteiger partial charge is 0.215 e. The van der Waals surface area contributed by atoms with Crippen molar-refractivity contribution >= 4 is 26.0 Å². The van der Waals surface area contributed by atoms with Crippen molar-refractivity contribution in [1.82, 2.24) is 4.72 Å². The van der Waals surface area contributed by atoms with Crippen molar-refractivity contribution < 1.29 is 8.42 Å². The molecular weight excluding hydrogens is 266 g/mol. The van der Waals surface area contributed by atoms with Crippen LogP contribution in [-0.4, -0.2) is 25.5 Å². The van der Waals surface area contributed by atoms with Gasteiger partial charge in [-0.25, -0.2) is 13.1 Å². The third-order valence-electron chi connectivity index (χ3n) is 1.49. The zero-order valence-electron chi connectivity index (χ0n) is 9.30. The molecule has 0 aliphatic carbocycles. The first kappa shape index (κ1) is 14.4. The average molecular weight is 286 g/mol. The van der Waals surface area contributed by atoms with Crippen molar-refractivity contribution in [3.63, 3.8) is 0 Å². The number of alkyl halides is 1. The summed E-state index contributed by atoms with van der Waals surface area (Å²) in [6.07, 6.45) is 0.809. The van der Waals surface area contributed by atoms with Crippen LogP contribution < -0.4 is 4.72 Å². The Labute approximate surface area is 95.8 Å². The molecule has 0 aromatic carbocycles. The molecule has 0 aliphatic rings. The van der Waals surface area contributed by atoms with Crippen LogP contribution in [0.3, 0.4) is 0 Å². The summed E-state index contributed by atoms with van der Waals surface area (Å²) in [4.78, 5) is 0.347. The van der Waals surface area contributed by atoms with E-state index in [-0.39, 0.29) is 11.2 Å². The maximum Gasteiger partial charge on any atom is 0.212 e. The maximum absolute atomic E-state index is 11.5. The second kappa shape index (κ2) is 5.47. The van der Waals surface area contributed by atoms with E-state index in [1.165, 1.54) is 0 Å². The third kappa shape index (κ3) is 8.97. The zero-order valence-corrected chi connectivity index (χ0v) is 11.7. The molecular formula is C9H20BrNO2S. The summed E-state index contributed by atoms with van der Waals surface area (Å²) >= 11 is 3.37. The highest BCUT2D eigenvalue weighted by atomic mass is 79.9. The van der Waals surface area contributed by atoms with Crippen LogP contribution in [0.4, 0.5) is 0 Å². The van der Waals surface area contributed by atoms with Crippen LogP contribution in [0.1, 0.15) is 34.1 Å². The van der Waals surface area contributed by atoms with Crippen LogP contribution in [0.15, 0.2) is 0 Å². The highest BCUT2D eigenvalue weighted by molar-refractivity contribution is 9.09. The first-order chi connectivity index (χ1) is 6.12. The first-order valence-electron chi connectivity index (χ1n) is 4.74. The number of rotatable bonds is 5. The van der Waals surface area contributed by atoms with E-state index in [0.29, 0.717) is 11.4 Å².